The van der Waals surface area contributed by atoms with E-state index in [1.54, 1.807) is 19.1 Å². The van der Waals surface area contributed by atoms with Crippen LogP contribution in [0.15, 0.2) is 41.4 Å². The molecule has 1 fully saturated rings. The number of benzene rings is 1. The quantitative estimate of drug-likeness (QED) is 0.749. The van der Waals surface area contributed by atoms with Crippen molar-refractivity contribution in [2.75, 3.05) is 20.2 Å². The number of alkyl halides is 3. The number of ether oxygens (including phenoxy) is 2. The molecule has 152 valence electrons. The minimum atomic E-state index is -4.51. The summed E-state index contributed by atoms with van der Waals surface area (Å²) >= 11 is 0. The molecular weight excluding hydrogens is 397 g/mol. The second-order valence-corrected chi connectivity index (χ2v) is 8.33. The molecule has 1 aliphatic rings. The maximum atomic E-state index is 13.0. The van der Waals surface area contributed by atoms with Crippen molar-refractivity contribution in [1.82, 2.24) is 9.29 Å². The molecule has 1 saturated heterocycles. The van der Waals surface area contributed by atoms with E-state index in [2.05, 4.69) is 4.98 Å². The van der Waals surface area contributed by atoms with Gasteiger partial charge >= 0.3 is 6.18 Å². The number of halogens is 3. The van der Waals surface area contributed by atoms with Gasteiger partial charge in [-0.2, -0.15) is 17.5 Å². The van der Waals surface area contributed by atoms with Gasteiger partial charge in [-0.1, -0.05) is 6.07 Å². The number of rotatable bonds is 5. The summed E-state index contributed by atoms with van der Waals surface area (Å²) in [6.45, 7) is 1.97. The second-order valence-electron chi connectivity index (χ2n) is 6.43. The molecule has 1 atom stereocenters. The smallest absolute Gasteiger partial charge is 0.416 e. The summed E-state index contributed by atoms with van der Waals surface area (Å²) in [5, 5.41) is 0. The molecule has 2 aromatic rings. The fraction of sp³-hybridized carbons (Fsp3) is 0.389. The lowest BCUT2D eigenvalue weighted by Gasteiger charge is -2.19. The van der Waals surface area contributed by atoms with E-state index in [-0.39, 0.29) is 29.6 Å². The van der Waals surface area contributed by atoms with Crippen molar-refractivity contribution >= 4 is 10.0 Å². The molecule has 0 radical (unpaired) electrons. The first-order valence-corrected chi connectivity index (χ1v) is 9.90. The average Bonchev–Trinajstić information content (AvgIpc) is 3.10. The highest BCUT2D eigenvalue weighted by Gasteiger charge is 2.36. The van der Waals surface area contributed by atoms with Crippen LogP contribution in [0.2, 0.25) is 0 Å². The van der Waals surface area contributed by atoms with Gasteiger partial charge in [-0.25, -0.2) is 13.4 Å². The molecule has 10 heteroatoms. The van der Waals surface area contributed by atoms with Crippen molar-refractivity contribution in [1.29, 1.82) is 0 Å². The maximum absolute atomic E-state index is 13.0. The fourth-order valence-electron chi connectivity index (χ4n) is 2.96. The predicted octanol–water partition coefficient (Wildman–Crippen LogP) is 3.26. The van der Waals surface area contributed by atoms with Crippen molar-refractivity contribution < 1.29 is 31.1 Å². The summed E-state index contributed by atoms with van der Waals surface area (Å²) < 4.78 is 76.3. The standard InChI is InChI=1S/C18H19F3N2O4S/c1-12-3-4-15(26-2)16(9-12)28(24,25)23-8-6-14(11-23)27-17-10-13(5-7-22-17)18(19,20)21/h3-5,7,9-10,14H,6,8,11H2,1-2H3. The summed E-state index contributed by atoms with van der Waals surface area (Å²) in [6.07, 6.45) is -3.75. The van der Waals surface area contributed by atoms with E-state index >= 15 is 0 Å². The van der Waals surface area contributed by atoms with Crippen molar-refractivity contribution in [3.05, 3.63) is 47.7 Å². The Labute approximate surface area is 161 Å². The van der Waals surface area contributed by atoms with Crippen LogP contribution in [-0.4, -0.2) is 44.0 Å². The summed E-state index contributed by atoms with van der Waals surface area (Å²) in [6, 6.07) is 6.51. The van der Waals surface area contributed by atoms with Crippen LogP contribution in [0, 0.1) is 6.92 Å². The van der Waals surface area contributed by atoms with Crippen molar-refractivity contribution in [3.8, 4) is 11.6 Å². The first-order valence-electron chi connectivity index (χ1n) is 8.46. The Bertz CT molecular complexity index is 964. The zero-order valence-corrected chi connectivity index (χ0v) is 16.0. The van der Waals surface area contributed by atoms with Crippen LogP contribution in [0.4, 0.5) is 13.2 Å². The van der Waals surface area contributed by atoms with Gasteiger partial charge in [0.1, 0.15) is 16.7 Å². The van der Waals surface area contributed by atoms with Crippen LogP contribution in [0.5, 0.6) is 11.6 Å². The highest BCUT2D eigenvalue weighted by Crippen LogP contribution is 2.32. The van der Waals surface area contributed by atoms with Gasteiger partial charge in [0, 0.05) is 18.8 Å². The van der Waals surface area contributed by atoms with Crippen LogP contribution < -0.4 is 9.47 Å². The van der Waals surface area contributed by atoms with E-state index in [9.17, 15) is 21.6 Å². The summed E-state index contributed by atoms with van der Waals surface area (Å²) in [5.41, 5.74) is -0.107. The van der Waals surface area contributed by atoms with Gasteiger partial charge in [0.2, 0.25) is 15.9 Å². The monoisotopic (exact) mass is 416 g/mol. The van der Waals surface area contributed by atoms with E-state index in [1.807, 2.05) is 0 Å². The molecule has 1 aromatic carbocycles. The van der Waals surface area contributed by atoms with Gasteiger partial charge in [0.25, 0.3) is 0 Å². The fourth-order valence-corrected chi connectivity index (χ4v) is 4.68. The minimum absolute atomic E-state index is 0.0113. The Morgan fingerprint density at radius 2 is 1.96 bits per heavy atom. The van der Waals surface area contributed by atoms with E-state index in [0.29, 0.717) is 6.42 Å². The highest BCUT2D eigenvalue weighted by molar-refractivity contribution is 7.89. The summed E-state index contributed by atoms with van der Waals surface area (Å²) in [7, 11) is -2.44. The van der Waals surface area contributed by atoms with Crippen LogP contribution >= 0.6 is 0 Å². The Balaban J connectivity index is 1.76. The summed E-state index contributed by atoms with van der Waals surface area (Å²) in [5.74, 6) is 0.0433. The second kappa shape index (κ2) is 7.59. The highest BCUT2D eigenvalue weighted by atomic mass is 32.2. The zero-order valence-electron chi connectivity index (χ0n) is 15.2. The number of sulfonamides is 1. The van der Waals surface area contributed by atoms with Crippen molar-refractivity contribution in [2.45, 2.75) is 30.5 Å². The summed E-state index contributed by atoms with van der Waals surface area (Å²) in [4.78, 5) is 3.84. The van der Waals surface area contributed by atoms with Crippen LogP contribution in [0.1, 0.15) is 17.5 Å². The molecule has 1 unspecified atom stereocenters. The Morgan fingerprint density at radius 1 is 1.21 bits per heavy atom. The molecule has 0 saturated carbocycles. The number of pyridine rings is 1. The number of methoxy groups -OCH3 is 1. The molecular formula is C18H19F3N2O4S. The molecule has 1 aliphatic heterocycles. The van der Waals surface area contributed by atoms with E-state index < -0.39 is 27.9 Å². The predicted molar refractivity (Wildman–Crippen MR) is 94.8 cm³/mol. The Hall–Kier alpha value is -2.33. The normalized spacial score (nSPS) is 18.2. The molecule has 0 aliphatic carbocycles. The van der Waals surface area contributed by atoms with Gasteiger partial charge in [0.15, 0.2) is 0 Å². The van der Waals surface area contributed by atoms with Gasteiger partial charge < -0.3 is 9.47 Å². The number of aryl methyl sites for hydroxylation is 1. The van der Waals surface area contributed by atoms with Crippen molar-refractivity contribution in [3.63, 3.8) is 0 Å². The van der Waals surface area contributed by atoms with Crippen LogP contribution in [0.25, 0.3) is 0 Å². The molecule has 0 N–H and O–H groups in total. The largest absolute Gasteiger partial charge is 0.495 e. The molecule has 0 spiro atoms. The lowest BCUT2D eigenvalue weighted by atomic mass is 10.2. The molecule has 6 nitrogen and oxygen atoms in total. The molecule has 2 heterocycles. The minimum Gasteiger partial charge on any atom is -0.495 e. The third-order valence-corrected chi connectivity index (χ3v) is 6.28. The number of aromatic nitrogens is 1. The topological polar surface area (TPSA) is 68.7 Å². The molecule has 28 heavy (non-hydrogen) atoms. The third-order valence-electron chi connectivity index (χ3n) is 4.39. The maximum Gasteiger partial charge on any atom is 0.416 e. The van der Waals surface area contributed by atoms with Crippen LogP contribution in [0.3, 0.4) is 0 Å². The first-order chi connectivity index (χ1) is 13.1. The SMILES string of the molecule is COc1ccc(C)cc1S(=O)(=O)N1CCC(Oc2cc(C(F)(F)F)ccn2)C1. The van der Waals surface area contributed by atoms with E-state index in [4.69, 9.17) is 9.47 Å². The first kappa shape index (κ1) is 20.4. The lowest BCUT2D eigenvalue weighted by Crippen LogP contribution is -2.31. The average molecular weight is 416 g/mol. The third kappa shape index (κ3) is 4.22. The van der Waals surface area contributed by atoms with E-state index in [0.717, 1.165) is 23.9 Å². The Kier molecular flexibility index (Phi) is 5.53. The lowest BCUT2D eigenvalue weighted by molar-refractivity contribution is -0.137. The number of hydrogen-bond donors (Lipinski definition) is 0. The van der Waals surface area contributed by atoms with Gasteiger partial charge in [-0.05, 0) is 37.1 Å². The molecule has 0 bridgehead atoms. The van der Waals surface area contributed by atoms with Gasteiger partial charge in [-0.3, -0.25) is 0 Å². The van der Waals surface area contributed by atoms with Gasteiger partial charge in [-0.15, -0.1) is 0 Å². The molecule has 0 amide bonds. The van der Waals surface area contributed by atoms with E-state index in [1.165, 1.54) is 17.5 Å². The van der Waals surface area contributed by atoms with Crippen LogP contribution in [-0.2, 0) is 16.2 Å². The molecule has 3 rings (SSSR count). The Morgan fingerprint density at radius 3 is 2.64 bits per heavy atom. The van der Waals surface area contributed by atoms with Gasteiger partial charge in [0.05, 0.1) is 19.2 Å². The number of nitrogens with zero attached hydrogens (tertiary/aromatic N) is 2. The van der Waals surface area contributed by atoms with Crippen molar-refractivity contribution in [2.24, 2.45) is 0 Å². The number of hydrogen-bond acceptors (Lipinski definition) is 5. The zero-order chi connectivity index (χ0) is 20.5. The molecule has 1 aromatic heterocycles.